The molecule has 0 atom stereocenters. The molecule has 0 unspecified atom stereocenters. The second kappa shape index (κ2) is 3.00. The van der Waals surface area contributed by atoms with Crippen LogP contribution in [-0.4, -0.2) is 4.98 Å². The Morgan fingerprint density at radius 1 is 1.45 bits per heavy atom. The van der Waals surface area contributed by atoms with Crippen LogP contribution in [0.15, 0.2) is 16.9 Å². The molecule has 60 valence electrons. The molecule has 0 radical (unpaired) electrons. The van der Waals surface area contributed by atoms with E-state index in [0.717, 1.165) is 12.1 Å². The molecule has 1 N–H and O–H groups in total. The van der Waals surface area contributed by atoms with Crippen molar-refractivity contribution in [3.05, 3.63) is 33.2 Å². The van der Waals surface area contributed by atoms with Crippen molar-refractivity contribution in [2.75, 3.05) is 0 Å². The first kappa shape index (κ1) is 8.20. The summed E-state index contributed by atoms with van der Waals surface area (Å²) in [5.74, 6) is 0. The van der Waals surface area contributed by atoms with E-state index in [1.54, 1.807) is 0 Å². The van der Waals surface area contributed by atoms with Gasteiger partial charge in [0.05, 0.1) is 5.02 Å². The molecule has 11 heavy (non-hydrogen) atoms. The van der Waals surface area contributed by atoms with Crippen LogP contribution in [-0.2, 0) is 0 Å². The Kier molecular flexibility index (Phi) is 2.24. The Hall–Kier alpha value is -0.900. The number of halogens is 3. The highest BCUT2D eigenvalue weighted by Crippen LogP contribution is 2.22. The fraction of sp³-hybridized carbons (Fsp3) is 0.167. The van der Waals surface area contributed by atoms with Gasteiger partial charge in [-0.15, -0.1) is 0 Å². The molecule has 0 amide bonds. The average Bonchev–Trinajstić information content (AvgIpc) is 1.94. The lowest BCUT2D eigenvalue weighted by Gasteiger charge is -1.99. The summed E-state index contributed by atoms with van der Waals surface area (Å²) in [5.41, 5.74) is -1.11. The molecule has 5 heteroatoms. The Morgan fingerprint density at radius 3 is 2.55 bits per heavy atom. The molecule has 0 aliphatic carbocycles. The lowest BCUT2D eigenvalue weighted by atomic mass is 10.3. The molecule has 0 saturated heterocycles. The summed E-state index contributed by atoms with van der Waals surface area (Å²) in [6, 6.07) is 2.23. The van der Waals surface area contributed by atoms with Gasteiger partial charge in [-0.05, 0) is 6.07 Å². The van der Waals surface area contributed by atoms with E-state index in [1.807, 2.05) is 4.98 Å². The minimum absolute atomic E-state index is 0.125. The Labute approximate surface area is 65.8 Å². The molecule has 0 fully saturated rings. The van der Waals surface area contributed by atoms with Crippen LogP contribution < -0.4 is 5.56 Å². The number of H-pyrrole nitrogens is 1. The largest absolute Gasteiger partial charge is 0.320 e. The molecule has 0 spiro atoms. The first-order chi connectivity index (χ1) is 5.11. The molecule has 1 heterocycles. The van der Waals surface area contributed by atoms with E-state index in [-0.39, 0.29) is 5.02 Å². The van der Waals surface area contributed by atoms with Crippen molar-refractivity contribution < 1.29 is 8.78 Å². The number of nitrogens with one attached hydrogen (secondary N) is 1. The summed E-state index contributed by atoms with van der Waals surface area (Å²) in [6.07, 6.45) is -2.74. The Morgan fingerprint density at radius 2 is 2.09 bits per heavy atom. The van der Waals surface area contributed by atoms with Gasteiger partial charge in [-0.1, -0.05) is 11.6 Å². The summed E-state index contributed by atoms with van der Waals surface area (Å²) in [6.45, 7) is 0. The summed E-state index contributed by atoms with van der Waals surface area (Å²) in [4.78, 5) is 12.4. The monoisotopic (exact) mass is 179 g/mol. The zero-order chi connectivity index (χ0) is 8.43. The third kappa shape index (κ3) is 1.77. The second-order valence-corrected chi connectivity index (χ2v) is 2.29. The summed E-state index contributed by atoms with van der Waals surface area (Å²) in [7, 11) is 0. The van der Waals surface area contributed by atoms with E-state index in [4.69, 9.17) is 11.6 Å². The molecule has 0 aliphatic rings. The molecular weight excluding hydrogens is 176 g/mol. The van der Waals surface area contributed by atoms with E-state index in [0.29, 0.717) is 0 Å². The van der Waals surface area contributed by atoms with Gasteiger partial charge in [0.25, 0.3) is 6.43 Å². The number of aromatic amines is 1. The zero-order valence-electron chi connectivity index (χ0n) is 5.27. The van der Waals surface area contributed by atoms with Crippen molar-refractivity contribution in [3.8, 4) is 0 Å². The number of hydrogen-bond acceptors (Lipinski definition) is 1. The maximum Gasteiger partial charge on any atom is 0.279 e. The van der Waals surface area contributed by atoms with Crippen molar-refractivity contribution in [2.24, 2.45) is 0 Å². The summed E-state index contributed by atoms with van der Waals surface area (Å²) in [5, 5.41) is -0.125. The van der Waals surface area contributed by atoms with Gasteiger partial charge in [0, 0.05) is 6.07 Å². The van der Waals surface area contributed by atoms with Crippen LogP contribution in [0.25, 0.3) is 0 Å². The van der Waals surface area contributed by atoms with Gasteiger partial charge in [-0.25, -0.2) is 8.78 Å². The van der Waals surface area contributed by atoms with Crippen molar-refractivity contribution in [1.29, 1.82) is 0 Å². The highest BCUT2D eigenvalue weighted by Gasteiger charge is 2.11. The van der Waals surface area contributed by atoms with Crippen molar-refractivity contribution in [2.45, 2.75) is 6.43 Å². The van der Waals surface area contributed by atoms with E-state index in [2.05, 4.69) is 0 Å². The molecule has 1 aromatic heterocycles. The number of rotatable bonds is 1. The van der Waals surface area contributed by atoms with E-state index >= 15 is 0 Å². The zero-order valence-corrected chi connectivity index (χ0v) is 6.03. The van der Waals surface area contributed by atoms with Crippen molar-refractivity contribution in [3.63, 3.8) is 0 Å². The minimum atomic E-state index is -2.74. The van der Waals surface area contributed by atoms with Gasteiger partial charge in [-0.2, -0.15) is 0 Å². The number of hydrogen-bond donors (Lipinski definition) is 1. The minimum Gasteiger partial charge on any atom is -0.320 e. The summed E-state index contributed by atoms with van der Waals surface area (Å²) >= 11 is 5.34. The highest BCUT2D eigenvalue weighted by atomic mass is 35.5. The lowest BCUT2D eigenvalue weighted by Crippen LogP contribution is -2.07. The van der Waals surface area contributed by atoms with Crippen molar-refractivity contribution >= 4 is 11.6 Å². The van der Waals surface area contributed by atoms with Gasteiger partial charge >= 0.3 is 0 Å². The molecule has 0 saturated carbocycles. The second-order valence-electron chi connectivity index (χ2n) is 1.88. The third-order valence-electron chi connectivity index (χ3n) is 1.11. The SMILES string of the molecule is O=c1ccc(Cl)c(C(F)F)[nH]1. The fourth-order valence-electron chi connectivity index (χ4n) is 0.632. The number of pyridine rings is 1. The van der Waals surface area contributed by atoms with Gasteiger partial charge in [0.2, 0.25) is 5.56 Å². The van der Waals surface area contributed by atoms with Crippen LogP contribution in [0, 0.1) is 0 Å². The Balaban J connectivity index is 3.23. The predicted molar refractivity (Wildman–Crippen MR) is 37.0 cm³/mol. The normalized spacial score (nSPS) is 10.5. The molecule has 1 rings (SSSR count). The topological polar surface area (TPSA) is 32.9 Å². The highest BCUT2D eigenvalue weighted by molar-refractivity contribution is 6.31. The third-order valence-corrected chi connectivity index (χ3v) is 1.44. The van der Waals surface area contributed by atoms with E-state index in [9.17, 15) is 13.6 Å². The van der Waals surface area contributed by atoms with Crippen LogP contribution in [0.2, 0.25) is 5.02 Å². The lowest BCUT2D eigenvalue weighted by molar-refractivity contribution is 0.146. The predicted octanol–water partition coefficient (Wildman–Crippen LogP) is 1.97. The van der Waals surface area contributed by atoms with Crippen LogP contribution in [0.1, 0.15) is 12.1 Å². The van der Waals surface area contributed by atoms with Crippen LogP contribution in [0.4, 0.5) is 8.78 Å². The number of alkyl halides is 2. The molecule has 0 aliphatic heterocycles. The maximum absolute atomic E-state index is 12.0. The first-order valence-electron chi connectivity index (χ1n) is 2.78. The number of aromatic nitrogens is 1. The molecular formula is C6H4ClF2NO. The van der Waals surface area contributed by atoms with Gasteiger partial charge in [0.15, 0.2) is 0 Å². The van der Waals surface area contributed by atoms with Gasteiger partial charge < -0.3 is 4.98 Å². The maximum atomic E-state index is 12.0. The standard InChI is InChI=1S/C6H4ClF2NO/c7-3-1-2-4(11)10-5(3)6(8)9/h1-2,6H,(H,10,11). The van der Waals surface area contributed by atoms with Crippen LogP contribution in [0.5, 0.6) is 0 Å². The van der Waals surface area contributed by atoms with E-state index < -0.39 is 17.7 Å². The van der Waals surface area contributed by atoms with Crippen LogP contribution >= 0.6 is 11.6 Å². The van der Waals surface area contributed by atoms with Crippen molar-refractivity contribution in [1.82, 2.24) is 4.98 Å². The molecule has 0 bridgehead atoms. The smallest absolute Gasteiger partial charge is 0.279 e. The first-order valence-corrected chi connectivity index (χ1v) is 3.16. The molecule has 0 aromatic carbocycles. The van der Waals surface area contributed by atoms with Gasteiger partial charge in [-0.3, -0.25) is 4.79 Å². The quantitative estimate of drug-likeness (QED) is 0.703. The average molecular weight is 180 g/mol. The summed E-state index contributed by atoms with van der Waals surface area (Å²) < 4.78 is 23.9. The van der Waals surface area contributed by atoms with Gasteiger partial charge in [0.1, 0.15) is 5.69 Å². The molecule has 2 nitrogen and oxygen atoms in total. The van der Waals surface area contributed by atoms with Crippen LogP contribution in [0.3, 0.4) is 0 Å². The van der Waals surface area contributed by atoms with E-state index in [1.165, 1.54) is 0 Å². The molecule has 1 aromatic rings. The fourth-order valence-corrected chi connectivity index (χ4v) is 0.824. The Bertz CT molecular complexity index is 310.